The molecule has 30 heavy (non-hydrogen) atoms. The van der Waals surface area contributed by atoms with Gasteiger partial charge in [0.25, 0.3) is 0 Å². The fourth-order valence-corrected chi connectivity index (χ4v) is 4.21. The first kappa shape index (κ1) is 21.1. The third kappa shape index (κ3) is 2.93. The fourth-order valence-electron chi connectivity index (χ4n) is 4.21. The number of rotatable bonds is 3. The zero-order valence-electron chi connectivity index (χ0n) is 16.3. The van der Waals surface area contributed by atoms with Crippen molar-refractivity contribution in [1.29, 1.82) is 0 Å². The van der Waals surface area contributed by atoms with Crippen LogP contribution in [0.1, 0.15) is 49.4 Å². The number of Topliss-reactive ketones (excluding diaryl/α,β-unsaturated/α-hetero) is 1. The Kier molecular flexibility index (Phi) is 5.63. The topological polar surface area (TPSA) is 121 Å². The van der Waals surface area contributed by atoms with Crippen molar-refractivity contribution in [3.8, 4) is 30.1 Å². The number of hydrogen-bond donors (Lipinski definition) is 3. The number of carbonyl (C=O) groups is 3. The van der Waals surface area contributed by atoms with Gasteiger partial charge in [0.05, 0.1) is 23.8 Å². The normalized spacial score (nSPS) is 16.5. The molecule has 0 heterocycles. The first-order chi connectivity index (χ1) is 14.4. The van der Waals surface area contributed by atoms with E-state index in [4.69, 9.17) is 9.84 Å². The Balaban J connectivity index is 0.00000124. The number of phenolic OH excluding ortho intramolecular Hbond substituents is 2. The van der Waals surface area contributed by atoms with E-state index in [1.54, 1.807) is 12.1 Å². The summed E-state index contributed by atoms with van der Waals surface area (Å²) in [5.41, 5.74) is 0.301. The molecule has 0 radical (unpaired) electrons. The molecule has 0 aromatic heterocycles. The molecule has 0 fully saturated rings. The minimum Gasteiger partial charge on any atom is -0.507 e. The minimum atomic E-state index is -0.609. The van der Waals surface area contributed by atoms with E-state index in [1.807, 2.05) is 0 Å². The highest BCUT2D eigenvalue weighted by Crippen LogP contribution is 2.47. The molecule has 0 saturated heterocycles. The molecule has 0 amide bonds. The van der Waals surface area contributed by atoms with Crippen LogP contribution in [-0.4, -0.2) is 46.4 Å². The first-order valence-electron chi connectivity index (χ1n) is 9.23. The molecule has 2 aromatic carbocycles. The summed E-state index contributed by atoms with van der Waals surface area (Å²) in [7, 11) is 1.38. The van der Waals surface area contributed by atoms with Crippen LogP contribution in [0.4, 0.5) is 0 Å². The van der Waals surface area contributed by atoms with Gasteiger partial charge in [0, 0.05) is 22.6 Å². The summed E-state index contributed by atoms with van der Waals surface area (Å²) in [6, 6.07) is 4.59. The van der Waals surface area contributed by atoms with Gasteiger partial charge in [-0.25, -0.2) is 0 Å². The largest absolute Gasteiger partial charge is 0.507 e. The number of hydrogen-bond acceptors (Lipinski definition) is 7. The average Bonchev–Trinajstić information content (AvgIpc) is 2.79. The van der Waals surface area contributed by atoms with E-state index in [0.29, 0.717) is 12.0 Å². The number of aliphatic hydroxyl groups excluding tert-OH is 1. The van der Waals surface area contributed by atoms with E-state index in [2.05, 4.69) is 12.8 Å². The van der Waals surface area contributed by atoms with Crippen molar-refractivity contribution in [1.82, 2.24) is 0 Å². The van der Waals surface area contributed by atoms with Gasteiger partial charge in [0.1, 0.15) is 23.9 Å². The second-order valence-electron chi connectivity index (χ2n) is 7.01. The van der Waals surface area contributed by atoms with Gasteiger partial charge in [-0.05, 0) is 25.3 Å². The zero-order valence-corrected chi connectivity index (χ0v) is 16.3. The van der Waals surface area contributed by atoms with Crippen molar-refractivity contribution in [2.75, 3.05) is 13.7 Å². The molecule has 7 nitrogen and oxygen atoms in total. The summed E-state index contributed by atoms with van der Waals surface area (Å²) >= 11 is 0. The van der Waals surface area contributed by atoms with Gasteiger partial charge in [0.15, 0.2) is 11.6 Å². The Labute approximate surface area is 172 Å². The van der Waals surface area contributed by atoms with Crippen molar-refractivity contribution >= 4 is 17.3 Å². The molecule has 0 bridgehead atoms. The van der Waals surface area contributed by atoms with Gasteiger partial charge >= 0.3 is 0 Å². The number of terminal acetylenes is 1. The van der Waals surface area contributed by atoms with Gasteiger partial charge in [-0.2, -0.15) is 0 Å². The van der Waals surface area contributed by atoms with Crippen molar-refractivity contribution in [3.63, 3.8) is 0 Å². The van der Waals surface area contributed by atoms with E-state index >= 15 is 0 Å². The summed E-state index contributed by atoms with van der Waals surface area (Å²) in [6.45, 7) is -0.609. The number of carbonyl (C=O) groups excluding carboxylic acids is 3. The number of methoxy groups -OCH3 is 1. The molecule has 0 aliphatic heterocycles. The maximum Gasteiger partial charge on any atom is 0.202 e. The zero-order chi connectivity index (χ0) is 22.2. The molecular formula is C23H20O7. The number of ketones is 3. The summed E-state index contributed by atoms with van der Waals surface area (Å²) in [6.07, 6.45) is 8.72. The number of fused-ring (bicyclic) bond motifs is 3. The van der Waals surface area contributed by atoms with Crippen LogP contribution >= 0.6 is 0 Å². The third-order valence-corrected chi connectivity index (χ3v) is 5.64. The lowest BCUT2D eigenvalue weighted by Crippen LogP contribution is -2.28. The smallest absolute Gasteiger partial charge is 0.202 e. The summed E-state index contributed by atoms with van der Waals surface area (Å²) < 4.78 is 5.20. The summed E-state index contributed by atoms with van der Waals surface area (Å²) in [5.74, 6) is -2.56. The first-order valence-corrected chi connectivity index (χ1v) is 9.23. The lowest BCUT2D eigenvalue weighted by molar-refractivity contribution is -0.125. The summed E-state index contributed by atoms with van der Waals surface area (Å²) in [5, 5.41) is 30.7. The molecule has 0 unspecified atom stereocenters. The van der Waals surface area contributed by atoms with E-state index in [1.165, 1.54) is 13.2 Å². The third-order valence-electron chi connectivity index (χ3n) is 5.64. The Morgan fingerprint density at radius 1 is 1.07 bits per heavy atom. The molecular weight excluding hydrogens is 388 g/mol. The molecule has 1 atom stereocenters. The van der Waals surface area contributed by atoms with Crippen LogP contribution in [0.5, 0.6) is 17.2 Å². The van der Waals surface area contributed by atoms with Gasteiger partial charge in [-0.15, -0.1) is 12.8 Å². The second-order valence-corrected chi connectivity index (χ2v) is 7.01. The van der Waals surface area contributed by atoms with Gasteiger partial charge in [-0.1, -0.05) is 12.1 Å². The van der Waals surface area contributed by atoms with E-state index < -0.39 is 24.1 Å². The number of aromatic hydroxyl groups is 2. The maximum atomic E-state index is 13.1. The lowest BCUT2D eigenvalue weighted by atomic mass is 9.75. The van der Waals surface area contributed by atoms with Crippen LogP contribution in [0.25, 0.3) is 0 Å². The van der Waals surface area contributed by atoms with E-state index in [0.717, 1.165) is 0 Å². The molecule has 2 aliphatic carbocycles. The Morgan fingerprint density at radius 3 is 2.33 bits per heavy atom. The Morgan fingerprint density at radius 2 is 1.70 bits per heavy atom. The minimum absolute atomic E-state index is 0.0568. The van der Waals surface area contributed by atoms with Gasteiger partial charge in [0.2, 0.25) is 5.78 Å². The lowest BCUT2D eigenvalue weighted by Gasteiger charge is -2.29. The second kappa shape index (κ2) is 8.01. The highest BCUT2D eigenvalue weighted by molar-refractivity contribution is 6.31. The predicted octanol–water partition coefficient (Wildman–Crippen LogP) is 1.80. The van der Waals surface area contributed by atoms with Crippen LogP contribution in [0.2, 0.25) is 0 Å². The fraction of sp³-hybridized carbons (Fsp3) is 0.261. The number of ether oxygens (including phenoxy) is 1. The molecule has 7 heteroatoms. The van der Waals surface area contributed by atoms with Crippen LogP contribution in [0.15, 0.2) is 18.2 Å². The number of benzene rings is 2. The van der Waals surface area contributed by atoms with E-state index in [-0.39, 0.29) is 63.7 Å². The SMILES string of the molecule is C#C.COc1cccc2c1C(=O)c1c(O)c3c(c(O)c1C2=O)C[C@@H](C(=O)CO)CC3. The highest BCUT2D eigenvalue weighted by atomic mass is 16.5. The van der Waals surface area contributed by atoms with Crippen LogP contribution < -0.4 is 4.74 Å². The Bertz CT molecular complexity index is 1090. The average molecular weight is 408 g/mol. The standard InChI is InChI=1S/C21H18O7.C2H2/c1-28-14-4-2-3-11-15(14)21(27)17-16(19(11)25)20(26)12-7-9(13(23)8-22)5-6-10(12)18(17)24;1-2/h2-4,9,22,24,26H,5-8H2,1H3;1-2H/t9-;/m0./s1. The monoisotopic (exact) mass is 408 g/mol. The molecule has 0 saturated carbocycles. The highest BCUT2D eigenvalue weighted by Gasteiger charge is 2.40. The molecule has 2 aromatic rings. The van der Waals surface area contributed by atoms with E-state index in [9.17, 15) is 24.6 Å². The number of aliphatic hydroxyl groups is 1. The molecule has 3 N–H and O–H groups in total. The van der Waals surface area contributed by atoms with Crippen LogP contribution in [-0.2, 0) is 17.6 Å². The van der Waals surface area contributed by atoms with Crippen molar-refractivity contribution < 1.29 is 34.4 Å². The number of phenols is 2. The van der Waals surface area contributed by atoms with Gasteiger partial charge < -0.3 is 20.1 Å². The van der Waals surface area contributed by atoms with Crippen molar-refractivity contribution in [2.45, 2.75) is 19.3 Å². The van der Waals surface area contributed by atoms with Crippen LogP contribution in [0.3, 0.4) is 0 Å². The van der Waals surface area contributed by atoms with Crippen LogP contribution in [0, 0.1) is 18.8 Å². The summed E-state index contributed by atoms with van der Waals surface area (Å²) in [4.78, 5) is 38.1. The molecule has 4 rings (SSSR count). The molecule has 2 aliphatic rings. The molecule has 154 valence electrons. The van der Waals surface area contributed by atoms with Gasteiger partial charge in [-0.3, -0.25) is 14.4 Å². The maximum absolute atomic E-state index is 13.1. The molecule has 0 spiro atoms. The van der Waals surface area contributed by atoms with Crippen molar-refractivity contribution in [3.05, 3.63) is 51.6 Å². The Hall–Kier alpha value is -3.63. The van der Waals surface area contributed by atoms with Crippen molar-refractivity contribution in [2.24, 2.45) is 5.92 Å². The quantitative estimate of drug-likeness (QED) is 0.446. The predicted molar refractivity (Wildman–Crippen MR) is 107 cm³/mol.